The van der Waals surface area contributed by atoms with Crippen LogP contribution < -0.4 is 0 Å². The maximum Gasteiger partial charge on any atom is 0.229 e. The van der Waals surface area contributed by atoms with E-state index in [4.69, 9.17) is 4.74 Å². The smallest absolute Gasteiger partial charge is 0.229 e. The highest BCUT2D eigenvalue weighted by Gasteiger charge is 2.36. The first kappa shape index (κ1) is 15.5. The zero-order valence-electron chi connectivity index (χ0n) is 13.6. The Kier molecular flexibility index (Phi) is 4.78. The number of hydrogen-bond acceptors (Lipinski definition) is 4. The molecule has 6 nitrogen and oxygen atoms in total. The molecule has 1 amide bonds. The van der Waals surface area contributed by atoms with Gasteiger partial charge in [-0.25, -0.2) is 0 Å². The van der Waals surface area contributed by atoms with Gasteiger partial charge in [0.1, 0.15) is 0 Å². The lowest BCUT2D eigenvalue weighted by atomic mass is 10.1. The Morgan fingerprint density at radius 1 is 1.41 bits per heavy atom. The first-order chi connectivity index (χ1) is 10.7. The van der Waals surface area contributed by atoms with Gasteiger partial charge in [-0.2, -0.15) is 5.10 Å². The SMILES string of the molecule is CO[C@H]1C[C@@H](CN2CCCC2)N(C(=O)Cc2ccn(C)n2)C1. The van der Waals surface area contributed by atoms with E-state index in [1.165, 1.54) is 12.8 Å². The standard InChI is InChI=1S/C16H26N4O2/c1-18-8-5-13(17-18)9-16(21)20-12-15(22-2)10-14(20)11-19-6-3-4-7-19/h5,8,14-15H,3-4,6-7,9-12H2,1-2H3/t14-,15-/m0/s1. The van der Waals surface area contributed by atoms with Gasteiger partial charge in [-0.15, -0.1) is 0 Å². The molecule has 2 saturated heterocycles. The van der Waals surface area contributed by atoms with Crippen LogP contribution >= 0.6 is 0 Å². The number of hydrogen-bond donors (Lipinski definition) is 0. The monoisotopic (exact) mass is 306 g/mol. The fraction of sp³-hybridized carbons (Fsp3) is 0.750. The van der Waals surface area contributed by atoms with Gasteiger partial charge in [-0.1, -0.05) is 0 Å². The fourth-order valence-corrected chi connectivity index (χ4v) is 3.60. The predicted molar refractivity (Wildman–Crippen MR) is 83.5 cm³/mol. The minimum absolute atomic E-state index is 0.167. The molecule has 0 bridgehead atoms. The Hall–Kier alpha value is -1.40. The Morgan fingerprint density at radius 3 is 2.82 bits per heavy atom. The normalized spacial score (nSPS) is 26.0. The van der Waals surface area contributed by atoms with E-state index in [0.717, 1.165) is 31.7 Å². The van der Waals surface area contributed by atoms with Crippen LogP contribution in [-0.4, -0.2) is 70.9 Å². The number of amides is 1. The summed E-state index contributed by atoms with van der Waals surface area (Å²) in [6.07, 6.45) is 5.94. The largest absolute Gasteiger partial charge is 0.380 e. The second kappa shape index (κ2) is 6.79. The van der Waals surface area contributed by atoms with E-state index in [-0.39, 0.29) is 18.1 Å². The van der Waals surface area contributed by atoms with Crippen molar-refractivity contribution in [2.24, 2.45) is 7.05 Å². The van der Waals surface area contributed by atoms with Crippen molar-refractivity contribution in [3.8, 4) is 0 Å². The molecule has 22 heavy (non-hydrogen) atoms. The van der Waals surface area contributed by atoms with Crippen molar-refractivity contribution < 1.29 is 9.53 Å². The summed E-state index contributed by atoms with van der Waals surface area (Å²) in [5.41, 5.74) is 0.841. The summed E-state index contributed by atoms with van der Waals surface area (Å²) in [6.45, 7) is 4.02. The van der Waals surface area contributed by atoms with Crippen LogP contribution in [-0.2, 0) is 23.0 Å². The summed E-state index contributed by atoms with van der Waals surface area (Å²) in [5.74, 6) is 0.169. The van der Waals surface area contributed by atoms with Crippen molar-refractivity contribution in [1.29, 1.82) is 0 Å². The molecule has 0 N–H and O–H groups in total. The zero-order valence-corrected chi connectivity index (χ0v) is 13.6. The third-order valence-corrected chi connectivity index (χ3v) is 4.80. The van der Waals surface area contributed by atoms with Gasteiger partial charge in [0.05, 0.1) is 18.2 Å². The molecule has 1 aromatic heterocycles. The molecular formula is C16H26N4O2. The molecule has 0 spiro atoms. The first-order valence-corrected chi connectivity index (χ1v) is 8.19. The number of aryl methyl sites for hydroxylation is 1. The van der Waals surface area contributed by atoms with Crippen LogP contribution in [0, 0.1) is 0 Å². The Balaban J connectivity index is 1.63. The van der Waals surface area contributed by atoms with E-state index in [0.29, 0.717) is 13.0 Å². The van der Waals surface area contributed by atoms with Gasteiger partial charge >= 0.3 is 0 Å². The molecule has 122 valence electrons. The Labute approximate surface area is 132 Å². The van der Waals surface area contributed by atoms with Gasteiger partial charge in [0.15, 0.2) is 0 Å². The van der Waals surface area contributed by atoms with E-state index in [2.05, 4.69) is 10.00 Å². The zero-order chi connectivity index (χ0) is 15.5. The third-order valence-electron chi connectivity index (χ3n) is 4.80. The van der Waals surface area contributed by atoms with Gasteiger partial charge < -0.3 is 14.5 Å². The van der Waals surface area contributed by atoms with Crippen LogP contribution in [0.5, 0.6) is 0 Å². The average Bonchev–Trinajstić information content (AvgIpc) is 3.21. The number of aromatic nitrogens is 2. The van der Waals surface area contributed by atoms with Gasteiger partial charge in [0, 0.05) is 39.5 Å². The van der Waals surface area contributed by atoms with E-state index in [1.54, 1.807) is 11.8 Å². The molecular weight excluding hydrogens is 280 g/mol. The van der Waals surface area contributed by atoms with Gasteiger partial charge in [0.2, 0.25) is 5.91 Å². The van der Waals surface area contributed by atoms with Crippen molar-refractivity contribution >= 4 is 5.91 Å². The maximum absolute atomic E-state index is 12.7. The Morgan fingerprint density at radius 2 is 2.18 bits per heavy atom. The average molecular weight is 306 g/mol. The summed E-state index contributed by atoms with van der Waals surface area (Å²) < 4.78 is 7.25. The first-order valence-electron chi connectivity index (χ1n) is 8.19. The summed E-state index contributed by atoms with van der Waals surface area (Å²) in [6, 6.07) is 2.19. The second-order valence-corrected chi connectivity index (χ2v) is 6.46. The topological polar surface area (TPSA) is 50.6 Å². The molecule has 0 unspecified atom stereocenters. The third kappa shape index (κ3) is 3.50. The lowest BCUT2D eigenvalue weighted by molar-refractivity contribution is -0.132. The summed E-state index contributed by atoms with van der Waals surface area (Å²) in [7, 11) is 3.62. The molecule has 2 aliphatic heterocycles. The minimum Gasteiger partial charge on any atom is -0.380 e. The molecule has 3 rings (SSSR count). The van der Waals surface area contributed by atoms with E-state index in [1.807, 2.05) is 24.2 Å². The number of rotatable bonds is 5. The molecule has 1 aromatic rings. The highest BCUT2D eigenvalue weighted by atomic mass is 16.5. The molecule has 0 saturated carbocycles. The maximum atomic E-state index is 12.7. The molecule has 2 fully saturated rings. The van der Waals surface area contributed by atoms with Gasteiger partial charge in [-0.05, 0) is 38.4 Å². The molecule has 2 atom stereocenters. The summed E-state index contributed by atoms with van der Waals surface area (Å²) >= 11 is 0. The van der Waals surface area contributed by atoms with E-state index in [9.17, 15) is 4.79 Å². The van der Waals surface area contributed by atoms with Crippen LogP contribution in [0.3, 0.4) is 0 Å². The quantitative estimate of drug-likeness (QED) is 0.802. The fourth-order valence-electron chi connectivity index (χ4n) is 3.60. The summed E-state index contributed by atoms with van der Waals surface area (Å²) in [4.78, 5) is 17.2. The van der Waals surface area contributed by atoms with Crippen LogP contribution in [0.15, 0.2) is 12.3 Å². The van der Waals surface area contributed by atoms with Crippen LogP contribution in [0.2, 0.25) is 0 Å². The number of methoxy groups -OCH3 is 1. The number of ether oxygens (including phenoxy) is 1. The predicted octanol–water partition coefficient (Wildman–Crippen LogP) is 0.674. The highest BCUT2D eigenvalue weighted by molar-refractivity contribution is 5.79. The van der Waals surface area contributed by atoms with Gasteiger partial charge in [-0.3, -0.25) is 9.48 Å². The van der Waals surface area contributed by atoms with E-state index < -0.39 is 0 Å². The molecule has 3 heterocycles. The number of likely N-dealkylation sites (tertiary alicyclic amines) is 2. The minimum atomic E-state index is 0.167. The molecule has 0 radical (unpaired) electrons. The lowest BCUT2D eigenvalue weighted by Gasteiger charge is -2.28. The number of carbonyl (C=O) groups is 1. The molecule has 2 aliphatic rings. The van der Waals surface area contributed by atoms with Crippen molar-refractivity contribution in [3.05, 3.63) is 18.0 Å². The van der Waals surface area contributed by atoms with Crippen molar-refractivity contribution in [1.82, 2.24) is 19.6 Å². The lowest BCUT2D eigenvalue weighted by Crippen LogP contribution is -2.43. The van der Waals surface area contributed by atoms with Crippen LogP contribution in [0.4, 0.5) is 0 Å². The van der Waals surface area contributed by atoms with Crippen molar-refractivity contribution in [2.45, 2.75) is 37.8 Å². The number of nitrogens with zero attached hydrogens (tertiary/aromatic N) is 4. The van der Waals surface area contributed by atoms with Crippen molar-refractivity contribution in [3.63, 3.8) is 0 Å². The van der Waals surface area contributed by atoms with Crippen molar-refractivity contribution in [2.75, 3.05) is 33.3 Å². The summed E-state index contributed by atoms with van der Waals surface area (Å²) in [5, 5.41) is 4.32. The van der Waals surface area contributed by atoms with Crippen LogP contribution in [0.1, 0.15) is 25.0 Å². The van der Waals surface area contributed by atoms with Crippen LogP contribution in [0.25, 0.3) is 0 Å². The Bertz CT molecular complexity index is 510. The molecule has 0 aromatic carbocycles. The second-order valence-electron chi connectivity index (χ2n) is 6.46. The van der Waals surface area contributed by atoms with E-state index >= 15 is 0 Å². The molecule has 0 aliphatic carbocycles. The highest BCUT2D eigenvalue weighted by Crippen LogP contribution is 2.23. The van der Waals surface area contributed by atoms with Gasteiger partial charge in [0.25, 0.3) is 0 Å². The number of carbonyl (C=O) groups excluding carboxylic acids is 1. The molecule has 6 heteroatoms.